The summed E-state index contributed by atoms with van der Waals surface area (Å²) in [6, 6.07) is 9.15. The smallest absolute Gasteiger partial charge is 0.434 e. The first kappa shape index (κ1) is 36.4. The van der Waals surface area contributed by atoms with E-state index in [1.165, 1.54) is 24.3 Å². The molecule has 2 aromatic rings. The van der Waals surface area contributed by atoms with Crippen molar-refractivity contribution in [2.45, 2.75) is 53.4 Å². The van der Waals surface area contributed by atoms with Crippen molar-refractivity contribution in [2.75, 3.05) is 23.7 Å². The Morgan fingerprint density at radius 2 is 1.08 bits per heavy atom. The van der Waals surface area contributed by atoms with Crippen LogP contribution in [0.5, 0.6) is 0 Å². The number of benzene rings is 2. The van der Waals surface area contributed by atoms with Gasteiger partial charge in [0, 0.05) is 36.4 Å². The normalized spacial score (nSPS) is 13.5. The van der Waals surface area contributed by atoms with Crippen molar-refractivity contribution in [1.29, 1.82) is 0 Å². The average Bonchev–Trinajstić information content (AvgIpc) is 3.67. The Morgan fingerprint density at radius 3 is 1.31 bits per heavy atom. The van der Waals surface area contributed by atoms with Crippen LogP contribution >= 0.6 is 0 Å². The molecule has 4 rings (SSSR count). The van der Waals surface area contributed by atoms with Crippen molar-refractivity contribution in [3.05, 3.63) is 108 Å². The summed E-state index contributed by atoms with van der Waals surface area (Å²) >= 11 is 0. The maximum atomic E-state index is 13.0. The van der Waals surface area contributed by atoms with Gasteiger partial charge in [-0.3, -0.25) is 12.2 Å². The Labute approximate surface area is 247 Å². The third-order valence-electron chi connectivity index (χ3n) is 5.57. The van der Waals surface area contributed by atoms with Gasteiger partial charge in [0.2, 0.25) is 0 Å². The van der Waals surface area contributed by atoms with Gasteiger partial charge < -0.3 is 10.6 Å². The summed E-state index contributed by atoms with van der Waals surface area (Å²) in [5.41, 5.74) is 0.624. The number of hydrogen-bond acceptors (Lipinski definition) is 2. The number of halogens is 4. The second-order valence-corrected chi connectivity index (χ2v) is 8.86. The Hall–Kier alpha value is -2.57. The Balaban J connectivity index is 0.000000537. The molecule has 0 saturated heterocycles. The van der Waals surface area contributed by atoms with Gasteiger partial charge in [-0.15, -0.1) is 49.2 Å². The number of hydrogen-bond donors (Lipinski definition) is 2. The van der Waals surface area contributed by atoms with Gasteiger partial charge in [0.15, 0.2) is 0 Å². The topological polar surface area (TPSA) is 24.1 Å². The van der Waals surface area contributed by atoms with Crippen LogP contribution in [0, 0.1) is 59.4 Å². The molecule has 0 saturated carbocycles. The molecule has 2 aliphatic rings. The fourth-order valence-corrected chi connectivity index (χ4v) is 2.70. The summed E-state index contributed by atoms with van der Waals surface area (Å²) in [5, 5.41) is 5.84. The molecule has 0 heterocycles. The molecule has 2 unspecified atom stereocenters. The van der Waals surface area contributed by atoms with Crippen LogP contribution in [0.25, 0.3) is 0 Å². The van der Waals surface area contributed by atoms with Crippen LogP contribution < -0.4 is 10.6 Å². The zero-order chi connectivity index (χ0) is 28.2. The van der Waals surface area contributed by atoms with Gasteiger partial charge in [-0.2, -0.15) is 12.2 Å². The van der Waals surface area contributed by atoms with E-state index in [2.05, 4.69) is 62.6 Å². The summed E-state index contributed by atoms with van der Waals surface area (Å²) in [4.78, 5) is 0. The third kappa shape index (κ3) is 17.6. The number of nitrogens with one attached hydrogen (secondary N) is 2. The van der Waals surface area contributed by atoms with Gasteiger partial charge in [-0.1, -0.05) is 40.5 Å². The maximum Gasteiger partial charge on any atom is 4.00 e. The molecule has 0 fully saturated rings. The Kier molecular flexibility index (Phi) is 20.8. The van der Waals surface area contributed by atoms with Crippen LogP contribution in [0.2, 0.25) is 0 Å². The predicted octanol–water partition coefficient (Wildman–Crippen LogP) is 9.05. The second kappa shape index (κ2) is 22.3. The van der Waals surface area contributed by atoms with Crippen molar-refractivity contribution in [3.63, 3.8) is 0 Å². The molecule has 0 amide bonds. The van der Waals surface area contributed by atoms with Gasteiger partial charge >= 0.3 is 21.7 Å². The van der Waals surface area contributed by atoms with Gasteiger partial charge in [-0.05, 0) is 23.2 Å². The Morgan fingerprint density at radius 1 is 0.692 bits per heavy atom. The van der Waals surface area contributed by atoms with E-state index in [0.29, 0.717) is 36.3 Å². The summed E-state index contributed by atoms with van der Waals surface area (Å²) in [5.74, 6) is -1.71. The minimum absolute atomic E-state index is 0. The monoisotopic (exact) mass is 574 g/mol. The molecule has 0 spiro atoms. The van der Waals surface area contributed by atoms with Crippen LogP contribution in [0.1, 0.15) is 53.4 Å². The summed E-state index contributed by atoms with van der Waals surface area (Å²) in [6.07, 6.45) is 22.1. The first-order valence-electron chi connectivity index (χ1n) is 12.9. The fraction of sp³-hybridized carbons (Fsp3) is 0.375. The second-order valence-electron chi connectivity index (χ2n) is 8.86. The molecule has 2 aliphatic carbocycles. The van der Waals surface area contributed by atoms with E-state index in [1.54, 1.807) is 0 Å². The van der Waals surface area contributed by atoms with Gasteiger partial charge in [0.05, 0.1) is 0 Å². The van der Waals surface area contributed by atoms with Crippen LogP contribution in [0.3, 0.4) is 0 Å². The first-order chi connectivity index (χ1) is 18.3. The van der Waals surface area contributed by atoms with Crippen LogP contribution in [-0.4, -0.2) is 13.1 Å². The van der Waals surface area contributed by atoms with Gasteiger partial charge in [0.1, 0.15) is 0 Å². The molecular weight excluding hydrogens is 536 g/mol. The van der Waals surface area contributed by atoms with E-state index in [4.69, 9.17) is 0 Å². The van der Waals surface area contributed by atoms with Crippen molar-refractivity contribution < 1.29 is 39.3 Å². The van der Waals surface area contributed by atoms with Gasteiger partial charge in [0.25, 0.3) is 0 Å². The molecular formula is C32H38F4N2Ti. The summed E-state index contributed by atoms with van der Waals surface area (Å²) in [7, 11) is 0. The predicted molar refractivity (Wildman–Crippen MR) is 149 cm³/mol. The molecule has 0 aromatic heterocycles. The molecule has 39 heavy (non-hydrogen) atoms. The number of rotatable bonds is 8. The minimum atomic E-state index is -0.670. The zero-order valence-electron chi connectivity index (χ0n) is 23.2. The molecule has 0 radical (unpaired) electrons. The summed E-state index contributed by atoms with van der Waals surface area (Å²) in [6.45, 7) is 9.65. The van der Waals surface area contributed by atoms with E-state index >= 15 is 0 Å². The number of allylic oxidation sites excluding steroid dienone is 8. The minimum Gasteiger partial charge on any atom is -0.434 e. The van der Waals surface area contributed by atoms with Crippen molar-refractivity contribution >= 4 is 11.4 Å². The van der Waals surface area contributed by atoms with Gasteiger partial charge in [-0.25, -0.2) is 41.9 Å². The molecule has 0 bridgehead atoms. The molecule has 2 nitrogen and oxygen atoms in total. The zero-order valence-corrected chi connectivity index (χ0v) is 24.7. The molecule has 2 aromatic carbocycles. The van der Waals surface area contributed by atoms with Crippen LogP contribution in [0.4, 0.5) is 28.9 Å². The van der Waals surface area contributed by atoms with E-state index in [9.17, 15) is 17.6 Å². The third-order valence-corrected chi connectivity index (χ3v) is 5.57. The van der Waals surface area contributed by atoms with E-state index in [0.717, 1.165) is 25.7 Å². The van der Waals surface area contributed by atoms with Crippen molar-refractivity contribution in [2.24, 2.45) is 11.8 Å². The maximum absolute atomic E-state index is 13.0. The standard InChI is InChI=1S/2C11H14F2N.2C5H5.Ti/c2*1-3-8(2)7-14-11-5-4-9(12)6-10(11)13;2*1-2-4-5-3-1;/h2*4-5,8,14H,3,7H2,1-2H3;2*1-3H,4H2;/q4*-1;+4. The fourth-order valence-electron chi connectivity index (χ4n) is 2.70. The first-order valence-corrected chi connectivity index (χ1v) is 12.9. The average molecular weight is 575 g/mol. The van der Waals surface area contributed by atoms with E-state index in [1.807, 2.05) is 36.4 Å². The summed E-state index contributed by atoms with van der Waals surface area (Å²) < 4.78 is 51.1. The van der Waals surface area contributed by atoms with E-state index < -0.39 is 23.3 Å². The SMILES string of the molecule is CCC(C)CNc1ccc(F)[c-]c1F.CCC(C)CNc1ccc(F)[c-]c1F.[C-]1=CC=CC1.[C-]1=CC=CC1.[Ti+4]. The van der Waals surface area contributed by atoms with Crippen molar-refractivity contribution in [3.8, 4) is 0 Å². The van der Waals surface area contributed by atoms with Crippen molar-refractivity contribution in [1.82, 2.24) is 0 Å². The molecule has 208 valence electrons. The molecule has 0 aliphatic heterocycles. The molecule has 7 heteroatoms. The molecule has 2 N–H and O–H groups in total. The largest absolute Gasteiger partial charge is 4.00 e. The van der Waals surface area contributed by atoms with E-state index in [-0.39, 0.29) is 21.7 Å². The Bertz CT molecular complexity index is 947. The van der Waals surface area contributed by atoms with Crippen LogP contribution in [0.15, 0.2) is 60.7 Å². The number of anilines is 2. The quantitative estimate of drug-likeness (QED) is 0.187. The molecule has 2 atom stereocenters. The van der Waals surface area contributed by atoms with Crippen LogP contribution in [-0.2, 0) is 21.7 Å².